The van der Waals surface area contributed by atoms with Gasteiger partial charge < -0.3 is 5.32 Å². The second-order valence-corrected chi connectivity index (χ2v) is 7.14. The zero-order chi connectivity index (χ0) is 20.4. The number of aromatic nitrogens is 3. The van der Waals surface area contributed by atoms with Gasteiger partial charge in [0.25, 0.3) is 5.91 Å². The van der Waals surface area contributed by atoms with Crippen LogP contribution in [0.3, 0.4) is 0 Å². The van der Waals surface area contributed by atoms with E-state index in [0.29, 0.717) is 34.9 Å². The summed E-state index contributed by atoms with van der Waals surface area (Å²) in [7, 11) is 0. The van der Waals surface area contributed by atoms with Crippen molar-refractivity contribution in [1.82, 2.24) is 19.7 Å². The molecule has 3 aromatic heterocycles. The van der Waals surface area contributed by atoms with E-state index in [0.717, 1.165) is 17.8 Å². The highest BCUT2D eigenvalue weighted by atomic mass is 32.1. The third kappa shape index (κ3) is 4.14. The second kappa shape index (κ2) is 7.67. The molecule has 0 aliphatic rings. The molecule has 0 aliphatic carbocycles. The van der Waals surface area contributed by atoms with Gasteiger partial charge in [-0.05, 0) is 24.3 Å². The van der Waals surface area contributed by atoms with Gasteiger partial charge in [0.15, 0.2) is 4.96 Å². The van der Waals surface area contributed by atoms with Gasteiger partial charge >= 0.3 is 6.18 Å². The summed E-state index contributed by atoms with van der Waals surface area (Å²) in [5.41, 5.74) is 1.66. The lowest BCUT2D eigenvalue weighted by Gasteiger charge is -2.06. The Bertz CT molecular complexity index is 1130. The van der Waals surface area contributed by atoms with Gasteiger partial charge in [-0.1, -0.05) is 18.2 Å². The fourth-order valence-electron chi connectivity index (χ4n) is 2.86. The van der Waals surface area contributed by atoms with Gasteiger partial charge in [0.05, 0.1) is 11.3 Å². The summed E-state index contributed by atoms with van der Waals surface area (Å²) in [6.45, 7) is 0.438. The molecular formula is C20H15F3N4OS. The molecule has 1 N–H and O–H groups in total. The minimum atomic E-state index is -4.38. The number of thiazole rings is 1. The average molecular weight is 416 g/mol. The molecule has 0 saturated heterocycles. The maximum absolute atomic E-state index is 12.7. The summed E-state index contributed by atoms with van der Waals surface area (Å²) in [5.74, 6) is -0.247. The molecule has 1 amide bonds. The van der Waals surface area contributed by atoms with E-state index in [4.69, 9.17) is 0 Å². The van der Waals surface area contributed by atoms with Crippen LogP contribution in [-0.2, 0) is 12.6 Å². The van der Waals surface area contributed by atoms with Crippen molar-refractivity contribution in [2.45, 2.75) is 12.6 Å². The lowest BCUT2D eigenvalue weighted by Crippen LogP contribution is -2.26. The van der Waals surface area contributed by atoms with Crippen LogP contribution in [0.15, 0.2) is 60.2 Å². The summed E-state index contributed by atoms with van der Waals surface area (Å²) >= 11 is 1.29. The molecule has 0 saturated carbocycles. The number of alkyl halides is 3. The summed E-state index contributed by atoms with van der Waals surface area (Å²) in [5, 5.41) is 4.56. The van der Waals surface area contributed by atoms with Gasteiger partial charge in [0, 0.05) is 42.0 Å². The van der Waals surface area contributed by atoms with Gasteiger partial charge in [-0.3, -0.25) is 14.2 Å². The molecule has 0 unspecified atom stereocenters. The van der Waals surface area contributed by atoms with E-state index in [1.807, 2.05) is 18.2 Å². The van der Waals surface area contributed by atoms with E-state index in [9.17, 15) is 18.0 Å². The van der Waals surface area contributed by atoms with Gasteiger partial charge in [0.2, 0.25) is 0 Å². The Morgan fingerprint density at radius 3 is 2.62 bits per heavy atom. The molecule has 5 nitrogen and oxygen atoms in total. The fraction of sp³-hybridized carbons (Fsp3) is 0.150. The molecule has 0 radical (unpaired) electrons. The number of amides is 1. The van der Waals surface area contributed by atoms with Gasteiger partial charge in [-0.2, -0.15) is 13.2 Å². The first-order valence-electron chi connectivity index (χ1n) is 8.74. The minimum Gasteiger partial charge on any atom is -0.350 e. The average Bonchev–Trinajstić information content (AvgIpc) is 3.29. The molecule has 3 heterocycles. The standard InChI is InChI=1S/C20H15F3N4OS/c21-20(22,23)14-6-4-13(5-7-14)16-11-27-17(12-29-19(27)26-16)18(28)25-10-8-15-3-1-2-9-24-15/h1-7,9,11-12H,8,10H2,(H,25,28). The van der Waals surface area contributed by atoms with E-state index in [-0.39, 0.29) is 5.91 Å². The Morgan fingerprint density at radius 1 is 1.14 bits per heavy atom. The highest BCUT2D eigenvalue weighted by molar-refractivity contribution is 7.15. The van der Waals surface area contributed by atoms with Gasteiger partial charge in [-0.25, -0.2) is 4.98 Å². The number of nitrogens with zero attached hydrogens (tertiary/aromatic N) is 3. The molecule has 4 rings (SSSR count). The number of halogens is 3. The number of fused-ring (bicyclic) bond motifs is 1. The number of carbonyl (C=O) groups is 1. The number of benzene rings is 1. The van der Waals surface area contributed by atoms with Crippen molar-refractivity contribution in [3.05, 3.63) is 77.2 Å². The van der Waals surface area contributed by atoms with Crippen LogP contribution in [0.4, 0.5) is 13.2 Å². The molecule has 0 spiro atoms. The highest BCUT2D eigenvalue weighted by Crippen LogP contribution is 2.31. The quantitative estimate of drug-likeness (QED) is 0.523. The predicted molar refractivity (Wildman–Crippen MR) is 104 cm³/mol. The number of hydrogen-bond acceptors (Lipinski definition) is 4. The van der Waals surface area contributed by atoms with Crippen LogP contribution in [0.1, 0.15) is 21.7 Å². The lowest BCUT2D eigenvalue weighted by molar-refractivity contribution is -0.137. The maximum Gasteiger partial charge on any atom is 0.416 e. The lowest BCUT2D eigenvalue weighted by atomic mass is 10.1. The minimum absolute atomic E-state index is 0.247. The summed E-state index contributed by atoms with van der Waals surface area (Å²) in [6, 6.07) is 10.4. The molecular weight excluding hydrogens is 401 g/mol. The van der Waals surface area contributed by atoms with Crippen LogP contribution in [0.25, 0.3) is 16.2 Å². The maximum atomic E-state index is 12.7. The zero-order valence-corrected chi connectivity index (χ0v) is 15.8. The first-order valence-corrected chi connectivity index (χ1v) is 9.62. The Hall–Kier alpha value is -3.20. The molecule has 0 bridgehead atoms. The summed E-state index contributed by atoms with van der Waals surface area (Å²) < 4.78 is 39.8. The van der Waals surface area contributed by atoms with Crippen LogP contribution in [0, 0.1) is 0 Å². The Balaban J connectivity index is 1.49. The molecule has 29 heavy (non-hydrogen) atoms. The normalized spacial score (nSPS) is 11.7. The van der Waals surface area contributed by atoms with E-state index < -0.39 is 11.7 Å². The van der Waals surface area contributed by atoms with Crippen molar-refractivity contribution in [3.63, 3.8) is 0 Å². The number of imidazole rings is 1. The molecule has 1 aromatic carbocycles. The molecule has 148 valence electrons. The SMILES string of the molecule is O=C(NCCc1ccccn1)c1csc2nc(-c3ccc(C(F)(F)F)cc3)cn12. The van der Waals surface area contributed by atoms with Crippen LogP contribution in [-0.4, -0.2) is 26.8 Å². The van der Waals surface area contributed by atoms with Crippen LogP contribution >= 0.6 is 11.3 Å². The smallest absolute Gasteiger partial charge is 0.350 e. The molecule has 9 heteroatoms. The largest absolute Gasteiger partial charge is 0.416 e. The van der Waals surface area contributed by atoms with Crippen molar-refractivity contribution in [2.24, 2.45) is 0 Å². The van der Waals surface area contributed by atoms with E-state index in [2.05, 4.69) is 15.3 Å². The fourth-order valence-corrected chi connectivity index (χ4v) is 3.71. The topological polar surface area (TPSA) is 59.3 Å². The van der Waals surface area contributed by atoms with Crippen molar-refractivity contribution in [3.8, 4) is 11.3 Å². The van der Waals surface area contributed by atoms with Crippen LogP contribution in [0.5, 0.6) is 0 Å². The Morgan fingerprint density at radius 2 is 1.93 bits per heavy atom. The van der Waals surface area contributed by atoms with E-state index >= 15 is 0 Å². The predicted octanol–water partition coefficient (Wildman–Crippen LogP) is 4.45. The van der Waals surface area contributed by atoms with Gasteiger partial charge in [-0.15, -0.1) is 11.3 Å². The molecule has 0 fully saturated rings. The second-order valence-electron chi connectivity index (χ2n) is 6.30. The molecule has 4 aromatic rings. The molecule has 0 aliphatic heterocycles. The summed E-state index contributed by atoms with van der Waals surface area (Å²) in [6.07, 6.45) is -0.413. The number of carbonyl (C=O) groups excluding carboxylic acids is 1. The van der Waals surface area contributed by atoms with E-state index in [1.165, 1.54) is 23.5 Å². The Kier molecular flexibility index (Phi) is 5.06. The number of hydrogen-bond donors (Lipinski definition) is 1. The Labute approximate surface area is 167 Å². The van der Waals surface area contributed by atoms with Crippen LogP contribution in [0.2, 0.25) is 0 Å². The van der Waals surface area contributed by atoms with Gasteiger partial charge in [0.1, 0.15) is 5.69 Å². The van der Waals surface area contributed by atoms with E-state index in [1.54, 1.807) is 22.2 Å². The van der Waals surface area contributed by atoms with Crippen LogP contribution < -0.4 is 5.32 Å². The first kappa shape index (κ1) is 19.1. The van der Waals surface area contributed by atoms with Crippen molar-refractivity contribution >= 4 is 22.2 Å². The third-order valence-electron chi connectivity index (χ3n) is 4.34. The number of pyridine rings is 1. The van der Waals surface area contributed by atoms with Crippen molar-refractivity contribution < 1.29 is 18.0 Å². The third-order valence-corrected chi connectivity index (χ3v) is 5.18. The van der Waals surface area contributed by atoms with Crippen molar-refractivity contribution in [2.75, 3.05) is 6.54 Å². The molecule has 0 atom stereocenters. The first-order chi connectivity index (χ1) is 13.9. The van der Waals surface area contributed by atoms with Crippen molar-refractivity contribution in [1.29, 1.82) is 0 Å². The summed E-state index contributed by atoms with van der Waals surface area (Å²) in [4.78, 5) is 21.7. The monoisotopic (exact) mass is 416 g/mol. The number of rotatable bonds is 5. The highest BCUT2D eigenvalue weighted by Gasteiger charge is 2.30. The number of nitrogens with one attached hydrogen (secondary N) is 1. The zero-order valence-electron chi connectivity index (χ0n) is 15.0.